The third-order valence-electron chi connectivity index (χ3n) is 4.83. The lowest BCUT2D eigenvalue weighted by Crippen LogP contribution is -2.51. The van der Waals surface area contributed by atoms with Crippen molar-refractivity contribution >= 4 is 0 Å². The van der Waals surface area contributed by atoms with E-state index in [-0.39, 0.29) is 11.3 Å². The maximum Gasteiger partial charge on any atom is 0.425 e. The van der Waals surface area contributed by atoms with Crippen LogP contribution in [0.4, 0.5) is 30.7 Å². The lowest BCUT2D eigenvalue weighted by atomic mass is 9.89. The van der Waals surface area contributed by atoms with Crippen LogP contribution >= 0.6 is 0 Å². The average molecular weight is 408 g/mol. The van der Waals surface area contributed by atoms with Crippen LogP contribution in [0.25, 0.3) is 11.3 Å². The molecule has 1 saturated heterocycles. The Hall–Kier alpha value is -2.40. The van der Waals surface area contributed by atoms with E-state index in [9.17, 15) is 30.7 Å². The summed E-state index contributed by atoms with van der Waals surface area (Å²) in [6.45, 7) is -1.80. The fourth-order valence-corrected chi connectivity index (χ4v) is 3.05. The number of rotatable bonds is 2. The number of nitrogens with zero attached hydrogens (tertiary/aromatic N) is 1. The zero-order valence-corrected chi connectivity index (χ0v) is 13.8. The molecule has 2 aliphatic rings. The maximum atomic E-state index is 13.6. The second-order valence-electron chi connectivity index (χ2n) is 6.61. The minimum atomic E-state index is -4.99. The summed E-state index contributed by atoms with van der Waals surface area (Å²) in [6.07, 6.45) is -9.89. The molecule has 0 aliphatic carbocycles. The summed E-state index contributed by atoms with van der Waals surface area (Å²) in [6, 6.07) is 4.96. The van der Waals surface area contributed by atoms with Crippen molar-refractivity contribution in [1.29, 1.82) is 0 Å². The second-order valence-corrected chi connectivity index (χ2v) is 6.61. The van der Waals surface area contributed by atoms with Gasteiger partial charge < -0.3 is 15.2 Å². The van der Waals surface area contributed by atoms with Crippen LogP contribution in [0.15, 0.2) is 30.3 Å². The van der Waals surface area contributed by atoms with Gasteiger partial charge in [0.15, 0.2) is 11.3 Å². The van der Waals surface area contributed by atoms with E-state index >= 15 is 0 Å². The molecule has 3 heterocycles. The molecule has 2 atom stereocenters. The van der Waals surface area contributed by atoms with Crippen molar-refractivity contribution in [1.82, 2.24) is 4.98 Å². The van der Waals surface area contributed by atoms with Gasteiger partial charge in [0.25, 0.3) is 0 Å². The van der Waals surface area contributed by atoms with E-state index in [0.717, 1.165) is 12.1 Å². The summed E-state index contributed by atoms with van der Waals surface area (Å²) < 4.78 is 104. The molecule has 28 heavy (non-hydrogen) atoms. The normalized spacial score (nSPS) is 26.7. The number of hydrogen-bond acceptors (Lipinski definition) is 4. The average Bonchev–Trinajstić information content (AvgIpc) is 3.34. The molecule has 11 heteroatoms. The topological polar surface area (TPSA) is 60.7 Å². The number of pyridine rings is 1. The Labute approximate surface area is 153 Å². The van der Waals surface area contributed by atoms with Gasteiger partial charge in [-0.25, -0.2) is 9.37 Å². The summed E-state index contributed by atoms with van der Waals surface area (Å²) in [5.74, 6) is -1.04. The zero-order valence-electron chi connectivity index (χ0n) is 13.8. The SMILES string of the molecule is NC1(C(F)(F)F)COc2c1cc(C1(C(F)(F)F)CO1)nc2-c1ccc(F)cc1. The van der Waals surface area contributed by atoms with Gasteiger partial charge in [-0.2, -0.15) is 26.3 Å². The minimum absolute atomic E-state index is 0.0731. The van der Waals surface area contributed by atoms with Crippen molar-refractivity contribution in [3.8, 4) is 17.0 Å². The number of aromatic nitrogens is 1. The minimum Gasteiger partial charge on any atom is -0.488 e. The van der Waals surface area contributed by atoms with Gasteiger partial charge in [0.2, 0.25) is 5.60 Å². The highest BCUT2D eigenvalue weighted by molar-refractivity contribution is 5.71. The van der Waals surface area contributed by atoms with Gasteiger partial charge in [0, 0.05) is 11.1 Å². The molecule has 2 unspecified atom stereocenters. The summed E-state index contributed by atoms with van der Waals surface area (Å²) in [4.78, 5) is 3.88. The van der Waals surface area contributed by atoms with Crippen molar-refractivity contribution in [3.05, 3.63) is 47.4 Å². The fourth-order valence-electron chi connectivity index (χ4n) is 3.05. The molecular weight excluding hydrogens is 397 g/mol. The molecule has 2 aliphatic heterocycles. The predicted molar refractivity (Wildman–Crippen MR) is 80.7 cm³/mol. The first-order chi connectivity index (χ1) is 12.9. The molecular formula is C17H11F7N2O2. The lowest BCUT2D eigenvalue weighted by Gasteiger charge is -2.26. The number of epoxide rings is 1. The highest BCUT2D eigenvalue weighted by atomic mass is 19.4. The van der Waals surface area contributed by atoms with Crippen LogP contribution in [0.2, 0.25) is 0 Å². The van der Waals surface area contributed by atoms with Crippen LogP contribution in [0.1, 0.15) is 11.3 Å². The Morgan fingerprint density at radius 1 is 0.964 bits per heavy atom. The molecule has 0 spiro atoms. The third-order valence-corrected chi connectivity index (χ3v) is 4.83. The zero-order chi connectivity index (χ0) is 20.5. The first kappa shape index (κ1) is 18.9. The fraction of sp³-hybridized carbons (Fsp3) is 0.353. The molecule has 4 rings (SSSR count). The highest BCUT2D eigenvalue weighted by Gasteiger charge is 2.69. The van der Waals surface area contributed by atoms with E-state index in [4.69, 9.17) is 10.5 Å². The van der Waals surface area contributed by atoms with Crippen molar-refractivity contribution in [3.63, 3.8) is 0 Å². The van der Waals surface area contributed by atoms with Gasteiger partial charge in [0.05, 0.1) is 12.3 Å². The third kappa shape index (κ3) is 2.56. The van der Waals surface area contributed by atoms with Crippen LogP contribution in [0.3, 0.4) is 0 Å². The van der Waals surface area contributed by atoms with E-state index in [0.29, 0.717) is 6.07 Å². The molecule has 1 aromatic heterocycles. The van der Waals surface area contributed by atoms with Gasteiger partial charge in [0.1, 0.15) is 18.1 Å². The van der Waals surface area contributed by atoms with Crippen LogP contribution in [0, 0.1) is 5.82 Å². The predicted octanol–water partition coefficient (Wildman–Crippen LogP) is 3.78. The van der Waals surface area contributed by atoms with Gasteiger partial charge in [-0.15, -0.1) is 0 Å². The molecule has 1 fully saturated rings. The summed E-state index contributed by atoms with van der Waals surface area (Å²) in [7, 11) is 0. The Morgan fingerprint density at radius 3 is 2.07 bits per heavy atom. The van der Waals surface area contributed by atoms with Crippen LogP contribution in [-0.4, -0.2) is 30.6 Å². The van der Waals surface area contributed by atoms with Crippen molar-refractivity contribution in [2.75, 3.05) is 13.2 Å². The molecule has 0 radical (unpaired) electrons. The van der Waals surface area contributed by atoms with Crippen molar-refractivity contribution in [2.24, 2.45) is 5.73 Å². The van der Waals surface area contributed by atoms with Gasteiger partial charge in [-0.1, -0.05) is 0 Å². The van der Waals surface area contributed by atoms with E-state index in [2.05, 4.69) is 9.72 Å². The number of hydrogen-bond donors (Lipinski definition) is 1. The number of fused-ring (bicyclic) bond motifs is 1. The largest absolute Gasteiger partial charge is 0.488 e. The number of ether oxygens (including phenoxy) is 2. The van der Waals surface area contributed by atoms with E-state index in [1.54, 1.807) is 0 Å². The van der Waals surface area contributed by atoms with Crippen LogP contribution < -0.4 is 10.5 Å². The summed E-state index contributed by atoms with van der Waals surface area (Å²) in [5, 5.41) is 0. The number of benzene rings is 1. The first-order valence-electron chi connectivity index (χ1n) is 7.90. The van der Waals surface area contributed by atoms with E-state index < -0.39 is 59.5 Å². The highest BCUT2D eigenvalue weighted by Crippen LogP contribution is 2.55. The number of nitrogens with two attached hydrogens (primary N) is 1. The van der Waals surface area contributed by atoms with E-state index in [1.165, 1.54) is 12.1 Å². The Kier molecular flexibility index (Phi) is 3.77. The quantitative estimate of drug-likeness (QED) is 0.607. The maximum absolute atomic E-state index is 13.6. The van der Waals surface area contributed by atoms with Crippen LogP contribution in [-0.2, 0) is 15.9 Å². The Morgan fingerprint density at radius 2 is 1.57 bits per heavy atom. The molecule has 0 amide bonds. The molecule has 1 aromatic carbocycles. The van der Waals surface area contributed by atoms with Gasteiger partial charge in [-0.3, -0.25) is 0 Å². The standard InChI is InChI=1S/C17H11F7N2O2/c18-9-3-1-8(2-4-9)12-13-10(14(25,6-27-13)16(19,20)21)5-11(26-12)15(7-28-15)17(22,23)24/h1-5H,6-7,25H2. The summed E-state index contributed by atoms with van der Waals surface area (Å²) >= 11 is 0. The first-order valence-corrected chi connectivity index (χ1v) is 7.90. The molecule has 2 aromatic rings. The van der Waals surface area contributed by atoms with Crippen molar-refractivity contribution < 1.29 is 40.2 Å². The van der Waals surface area contributed by atoms with Crippen molar-refractivity contribution in [2.45, 2.75) is 23.5 Å². The Balaban J connectivity index is 1.98. The smallest absolute Gasteiger partial charge is 0.425 e. The molecule has 2 N–H and O–H groups in total. The lowest BCUT2D eigenvalue weighted by molar-refractivity contribution is -0.191. The van der Waals surface area contributed by atoms with E-state index in [1.807, 2.05) is 0 Å². The molecule has 150 valence electrons. The van der Waals surface area contributed by atoms with Crippen LogP contribution in [0.5, 0.6) is 5.75 Å². The molecule has 0 bridgehead atoms. The monoisotopic (exact) mass is 408 g/mol. The number of halogens is 7. The number of alkyl halides is 6. The summed E-state index contributed by atoms with van der Waals surface area (Å²) in [5.41, 5.74) is -2.00. The van der Waals surface area contributed by atoms with Gasteiger partial charge in [-0.05, 0) is 30.3 Å². The Bertz CT molecular complexity index is 936. The van der Waals surface area contributed by atoms with Gasteiger partial charge >= 0.3 is 12.4 Å². The molecule has 0 saturated carbocycles. The second kappa shape index (κ2) is 5.57. The molecule has 4 nitrogen and oxygen atoms in total.